The maximum absolute atomic E-state index is 12.0. The Morgan fingerprint density at radius 1 is 1.30 bits per heavy atom. The fraction of sp³-hybridized carbons (Fsp3) is 0.692. The number of methoxy groups -OCH3 is 1. The average Bonchev–Trinajstić information content (AvgIpc) is 2.84. The van der Waals surface area contributed by atoms with Gasteiger partial charge in [0.1, 0.15) is 4.21 Å². The van der Waals surface area contributed by atoms with E-state index in [1.54, 1.807) is 13.2 Å². The topological polar surface area (TPSA) is 67.4 Å². The van der Waals surface area contributed by atoms with Gasteiger partial charge in [-0.15, -0.1) is 11.3 Å². The van der Waals surface area contributed by atoms with Crippen molar-refractivity contribution < 1.29 is 13.2 Å². The summed E-state index contributed by atoms with van der Waals surface area (Å²) in [7, 11) is -1.77. The van der Waals surface area contributed by atoms with E-state index in [9.17, 15) is 8.42 Å². The van der Waals surface area contributed by atoms with Gasteiger partial charge in [-0.05, 0) is 25.0 Å². The quantitative estimate of drug-likeness (QED) is 0.643. The van der Waals surface area contributed by atoms with Gasteiger partial charge < -0.3 is 10.1 Å². The molecule has 20 heavy (non-hydrogen) atoms. The van der Waals surface area contributed by atoms with Gasteiger partial charge in [0, 0.05) is 37.7 Å². The van der Waals surface area contributed by atoms with Crippen LogP contribution in [0.25, 0.3) is 0 Å². The Morgan fingerprint density at radius 2 is 2.05 bits per heavy atom. The minimum Gasteiger partial charge on any atom is -0.385 e. The van der Waals surface area contributed by atoms with Crippen LogP contribution in [0.4, 0.5) is 0 Å². The van der Waals surface area contributed by atoms with Crippen LogP contribution in [-0.4, -0.2) is 41.3 Å². The van der Waals surface area contributed by atoms with Crippen molar-refractivity contribution >= 4 is 21.4 Å². The molecule has 5 nitrogen and oxygen atoms in total. The summed E-state index contributed by atoms with van der Waals surface area (Å²) in [5, 5.41) is 3.32. The SMILES string of the molecule is COCCCNS(=O)(=O)c1ccc(CCNC(C)C)s1. The molecule has 0 radical (unpaired) electrons. The van der Waals surface area contributed by atoms with E-state index in [-0.39, 0.29) is 0 Å². The monoisotopic (exact) mass is 320 g/mol. The molecule has 0 amide bonds. The van der Waals surface area contributed by atoms with Crippen molar-refractivity contribution in [3.8, 4) is 0 Å². The van der Waals surface area contributed by atoms with Crippen LogP contribution in [0.1, 0.15) is 25.1 Å². The smallest absolute Gasteiger partial charge is 0.250 e. The predicted octanol–water partition coefficient (Wildman–Crippen LogP) is 1.60. The van der Waals surface area contributed by atoms with E-state index in [1.807, 2.05) is 6.07 Å². The van der Waals surface area contributed by atoms with Crippen LogP contribution in [0.5, 0.6) is 0 Å². The minimum absolute atomic E-state index is 0.384. The van der Waals surface area contributed by atoms with Gasteiger partial charge in [-0.2, -0.15) is 0 Å². The van der Waals surface area contributed by atoms with Crippen molar-refractivity contribution in [1.82, 2.24) is 10.0 Å². The van der Waals surface area contributed by atoms with Gasteiger partial charge in [-0.25, -0.2) is 13.1 Å². The standard InChI is InChI=1S/C13H24N2O3S2/c1-11(2)14-9-7-12-5-6-13(19-12)20(16,17)15-8-4-10-18-3/h5-6,11,14-15H,4,7-10H2,1-3H3. The van der Waals surface area contributed by atoms with Gasteiger partial charge in [-0.3, -0.25) is 0 Å². The largest absolute Gasteiger partial charge is 0.385 e. The molecule has 0 aliphatic heterocycles. The molecule has 116 valence electrons. The molecule has 1 heterocycles. The lowest BCUT2D eigenvalue weighted by Crippen LogP contribution is -2.25. The van der Waals surface area contributed by atoms with Gasteiger partial charge in [-0.1, -0.05) is 13.8 Å². The molecule has 0 aromatic carbocycles. The predicted molar refractivity (Wildman–Crippen MR) is 82.8 cm³/mol. The number of hydrogen-bond donors (Lipinski definition) is 2. The fourth-order valence-corrected chi connectivity index (χ4v) is 4.09. The number of ether oxygens (including phenoxy) is 1. The highest BCUT2D eigenvalue weighted by atomic mass is 32.2. The van der Waals surface area contributed by atoms with Crippen LogP contribution >= 0.6 is 11.3 Å². The van der Waals surface area contributed by atoms with Crippen molar-refractivity contribution in [2.24, 2.45) is 0 Å². The van der Waals surface area contributed by atoms with E-state index < -0.39 is 10.0 Å². The maximum atomic E-state index is 12.0. The number of sulfonamides is 1. The summed E-state index contributed by atoms with van der Waals surface area (Å²) < 4.78 is 31.9. The van der Waals surface area contributed by atoms with Crippen LogP contribution in [0, 0.1) is 0 Å². The van der Waals surface area contributed by atoms with Crippen molar-refractivity contribution in [3.05, 3.63) is 17.0 Å². The Labute approximate surface area is 125 Å². The van der Waals surface area contributed by atoms with Crippen LogP contribution < -0.4 is 10.0 Å². The molecule has 2 N–H and O–H groups in total. The molecular formula is C13H24N2O3S2. The molecular weight excluding hydrogens is 296 g/mol. The van der Waals surface area contributed by atoms with Gasteiger partial charge in [0.25, 0.3) is 0 Å². The summed E-state index contributed by atoms with van der Waals surface area (Å²) in [4.78, 5) is 1.08. The molecule has 0 saturated heterocycles. The molecule has 1 rings (SSSR count). The lowest BCUT2D eigenvalue weighted by Gasteiger charge is -2.06. The summed E-state index contributed by atoms with van der Waals surface area (Å²) in [5.74, 6) is 0. The van der Waals surface area contributed by atoms with Gasteiger partial charge >= 0.3 is 0 Å². The van der Waals surface area contributed by atoms with E-state index in [2.05, 4.69) is 23.9 Å². The van der Waals surface area contributed by atoms with Gasteiger partial charge in [0.05, 0.1) is 0 Å². The number of thiophene rings is 1. The first-order chi connectivity index (χ1) is 9.45. The summed E-state index contributed by atoms with van der Waals surface area (Å²) in [6.07, 6.45) is 1.52. The highest BCUT2D eigenvalue weighted by Crippen LogP contribution is 2.21. The second-order valence-electron chi connectivity index (χ2n) is 4.82. The third-order valence-corrected chi connectivity index (χ3v) is 5.74. The summed E-state index contributed by atoms with van der Waals surface area (Å²) in [6.45, 7) is 6.00. The van der Waals surface area contributed by atoms with Crippen molar-refractivity contribution in [1.29, 1.82) is 0 Å². The van der Waals surface area contributed by atoms with E-state index in [0.717, 1.165) is 17.8 Å². The van der Waals surface area contributed by atoms with E-state index in [0.29, 0.717) is 29.8 Å². The first-order valence-electron chi connectivity index (χ1n) is 6.76. The fourth-order valence-electron chi connectivity index (χ4n) is 1.62. The Morgan fingerprint density at radius 3 is 2.70 bits per heavy atom. The first kappa shape index (κ1) is 17.6. The molecule has 0 atom stereocenters. The van der Waals surface area contributed by atoms with Crippen LogP contribution in [0.3, 0.4) is 0 Å². The van der Waals surface area contributed by atoms with Crippen LogP contribution in [0.2, 0.25) is 0 Å². The number of hydrogen-bond acceptors (Lipinski definition) is 5. The number of nitrogens with one attached hydrogen (secondary N) is 2. The molecule has 7 heteroatoms. The second-order valence-corrected chi connectivity index (χ2v) is 7.99. The summed E-state index contributed by atoms with van der Waals surface area (Å²) in [5.41, 5.74) is 0. The summed E-state index contributed by atoms with van der Waals surface area (Å²) in [6, 6.07) is 4.00. The zero-order valence-corrected chi connectivity index (χ0v) is 13.9. The molecule has 0 unspecified atom stereocenters. The zero-order valence-electron chi connectivity index (χ0n) is 12.3. The average molecular weight is 320 g/mol. The molecule has 0 aliphatic carbocycles. The second kappa shape index (κ2) is 8.74. The Hall–Kier alpha value is -0.470. The highest BCUT2D eigenvalue weighted by molar-refractivity contribution is 7.91. The van der Waals surface area contributed by atoms with Crippen molar-refractivity contribution in [3.63, 3.8) is 0 Å². The third kappa shape index (κ3) is 6.32. The number of rotatable bonds is 10. The summed E-state index contributed by atoms with van der Waals surface area (Å²) >= 11 is 1.33. The van der Waals surface area contributed by atoms with E-state index in [1.165, 1.54) is 11.3 Å². The Bertz CT molecular complexity index is 484. The lowest BCUT2D eigenvalue weighted by atomic mass is 10.3. The van der Waals surface area contributed by atoms with Crippen LogP contribution in [0.15, 0.2) is 16.3 Å². The highest BCUT2D eigenvalue weighted by Gasteiger charge is 2.15. The molecule has 1 aromatic heterocycles. The van der Waals surface area contributed by atoms with Gasteiger partial charge in [0.2, 0.25) is 10.0 Å². The third-order valence-electron chi connectivity index (χ3n) is 2.64. The molecule has 0 spiro atoms. The molecule has 0 fully saturated rings. The van der Waals surface area contributed by atoms with E-state index in [4.69, 9.17) is 4.74 Å². The minimum atomic E-state index is -3.37. The van der Waals surface area contributed by atoms with Crippen molar-refractivity contribution in [2.45, 2.75) is 36.9 Å². The zero-order chi connectivity index (χ0) is 15.0. The van der Waals surface area contributed by atoms with Gasteiger partial charge in [0.15, 0.2) is 0 Å². The van der Waals surface area contributed by atoms with Crippen LogP contribution in [-0.2, 0) is 21.2 Å². The lowest BCUT2D eigenvalue weighted by molar-refractivity contribution is 0.196. The first-order valence-corrected chi connectivity index (χ1v) is 9.06. The molecule has 0 saturated carbocycles. The van der Waals surface area contributed by atoms with E-state index >= 15 is 0 Å². The molecule has 1 aromatic rings. The Balaban J connectivity index is 2.48. The molecule has 0 bridgehead atoms. The Kier molecular flexibility index (Phi) is 7.68. The maximum Gasteiger partial charge on any atom is 0.250 e. The normalized spacial score (nSPS) is 12.2. The van der Waals surface area contributed by atoms with Crippen molar-refractivity contribution in [2.75, 3.05) is 26.8 Å². The molecule has 0 aliphatic rings.